The van der Waals surface area contributed by atoms with Gasteiger partial charge in [0.15, 0.2) is 0 Å². The van der Waals surface area contributed by atoms with Crippen LogP contribution >= 0.6 is 0 Å². The number of pyridine rings is 2. The summed E-state index contributed by atoms with van der Waals surface area (Å²) in [4.78, 5) is 43.3. The number of carbonyl (C=O) groups is 2. The molecule has 4 heterocycles. The number of nitrogens with one attached hydrogen (secondary N) is 1. The Bertz CT molecular complexity index is 2440. The summed E-state index contributed by atoms with van der Waals surface area (Å²) in [6, 6.07) is 37.9. The Kier molecular flexibility index (Phi) is 17.3. The first kappa shape index (κ1) is 46.2. The first-order chi connectivity index (χ1) is 31.9. The lowest BCUT2D eigenvalue weighted by molar-refractivity contribution is 0.00403. The number of benzene rings is 3. The largest absolute Gasteiger partial charge is 0.424 e. The lowest BCUT2D eigenvalue weighted by Gasteiger charge is -2.34. The molecule has 9 rings (SSSR count). The van der Waals surface area contributed by atoms with Gasteiger partial charge in [-0.05, 0) is 106 Å². The summed E-state index contributed by atoms with van der Waals surface area (Å²) < 4.78 is 20.1. The first-order valence-electron chi connectivity index (χ1n) is 22.3. The summed E-state index contributed by atoms with van der Waals surface area (Å²) >= 11 is 0. The lowest BCUT2D eigenvalue weighted by atomic mass is 9.92. The minimum atomic E-state index is -0.501. The molecule has 0 radical (unpaired) electrons. The summed E-state index contributed by atoms with van der Waals surface area (Å²) in [5.41, 5.74) is 5.64. The van der Waals surface area contributed by atoms with Crippen molar-refractivity contribution >= 4 is 12.1 Å². The maximum Gasteiger partial charge on any atom is 0.424 e. The quantitative estimate of drug-likeness (QED) is 0.134. The van der Waals surface area contributed by atoms with Gasteiger partial charge in [-0.15, -0.1) is 0 Å². The average molecular weight is 875 g/mol. The van der Waals surface area contributed by atoms with Crippen molar-refractivity contribution in [1.82, 2.24) is 39.3 Å². The summed E-state index contributed by atoms with van der Waals surface area (Å²) in [5, 5.41) is 3.34. The molecule has 2 aliphatic rings. The van der Waals surface area contributed by atoms with Gasteiger partial charge in [0.2, 0.25) is 0 Å². The maximum absolute atomic E-state index is 12.9. The van der Waals surface area contributed by atoms with Crippen LogP contribution in [0.4, 0.5) is 9.59 Å². The Labute approximate surface area is 381 Å². The molecule has 0 atom stereocenters. The standard InChI is InChI=1S/C23H26N4O2.C15H11N3O2.C14H21NO/c1-26(23(28)27-15-22(25-17-27)19-8-5-13-24-14-19)20-9-11-21(12-10-20)29-16-18-6-3-2-4-7-18;19-15(20-13-6-2-1-3-7-13)18-10-14(17-11-18)12-5-4-8-16-9-12;1-15-13-7-9-14(10-8-13)16-11-12-5-3-2-4-6-12/h2-8,13-15,17,20-21H,9-12,16H2,1H3;1-11H;2-6,13-15H,7-11H2,1H3. The highest BCUT2D eigenvalue weighted by molar-refractivity contribution is 5.78. The minimum Gasteiger partial charge on any atom is -0.410 e. The zero-order chi connectivity index (χ0) is 45.1. The SMILES string of the molecule is CN(C(=O)n1cnc(-c2cccnc2)c1)C1CCC(OCc2ccccc2)CC1.CNC1CCC(OCc2ccccc2)CC1.O=C(Oc1ccccc1)n1cnc(-c2cccnc2)c1. The van der Waals surface area contributed by atoms with E-state index in [9.17, 15) is 9.59 Å². The molecule has 13 nitrogen and oxygen atoms in total. The Morgan fingerprint density at radius 2 is 1.09 bits per heavy atom. The van der Waals surface area contributed by atoms with Gasteiger partial charge in [0, 0.05) is 67.4 Å². The predicted molar refractivity (Wildman–Crippen MR) is 251 cm³/mol. The molecule has 2 aliphatic carbocycles. The molecular formula is C52H58N8O5. The van der Waals surface area contributed by atoms with Crippen LogP contribution in [0, 0.1) is 0 Å². The molecule has 336 valence electrons. The van der Waals surface area contributed by atoms with Crippen molar-refractivity contribution in [3.63, 3.8) is 0 Å². The van der Waals surface area contributed by atoms with Crippen molar-refractivity contribution in [2.45, 2.75) is 88.9 Å². The number of amides is 1. The third kappa shape index (κ3) is 14.1. The molecule has 0 aliphatic heterocycles. The van der Waals surface area contributed by atoms with Crippen LogP contribution in [0.3, 0.4) is 0 Å². The van der Waals surface area contributed by atoms with E-state index in [0.717, 1.165) is 49.1 Å². The fraction of sp³-hybridized carbons (Fsp3) is 0.308. The van der Waals surface area contributed by atoms with Crippen LogP contribution in [-0.4, -0.2) is 84.5 Å². The van der Waals surface area contributed by atoms with Gasteiger partial charge in [-0.2, -0.15) is 0 Å². The molecular weight excluding hydrogens is 817 g/mol. The van der Waals surface area contributed by atoms with Crippen LogP contribution in [-0.2, 0) is 22.7 Å². The second-order valence-electron chi connectivity index (χ2n) is 16.2. The Morgan fingerprint density at radius 1 is 0.615 bits per heavy atom. The summed E-state index contributed by atoms with van der Waals surface area (Å²) in [6.07, 6.45) is 22.2. The zero-order valence-corrected chi connectivity index (χ0v) is 37.1. The van der Waals surface area contributed by atoms with E-state index in [1.165, 1.54) is 47.7 Å². The van der Waals surface area contributed by atoms with Gasteiger partial charge in [0.05, 0.1) is 36.8 Å². The number of rotatable bonds is 11. The van der Waals surface area contributed by atoms with Gasteiger partial charge in [0.25, 0.3) is 0 Å². The second-order valence-corrected chi connectivity index (χ2v) is 16.2. The van der Waals surface area contributed by atoms with E-state index in [-0.39, 0.29) is 18.2 Å². The lowest BCUT2D eigenvalue weighted by Crippen LogP contribution is -2.42. The number of hydrogen-bond acceptors (Lipinski definition) is 10. The van der Waals surface area contributed by atoms with Gasteiger partial charge in [-0.1, -0.05) is 78.9 Å². The van der Waals surface area contributed by atoms with Gasteiger partial charge < -0.3 is 24.4 Å². The van der Waals surface area contributed by atoms with E-state index in [0.29, 0.717) is 30.2 Å². The number of imidazole rings is 2. The molecule has 0 unspecified atom stereocenters. The van der Waals surface area contributed by atoms with Crippen molar-refractivity contribution in [1.29, 1.82) is 0 Å². The van der Waals surface area contributed by atoms with Crippen LogP contribution in [0.1, 0.15) is 62.5 Å². The van der Waals surface area contributed by atoms with Crippen LogP contribution in [0.15, 0.2) is 165 Å². The highest BCUT2D eigenvalue weighted by Crippen LogP contribution is 2.27. The highest BCUT2D eigenvalue weighted by Gasteiger charge is 2.28. The number of carbonyl (C=O) groups excluding carboxylic acids is 2. The number of para-hydroxylation sites is 1. The molecule has 3 aromatic carbocycles. The molecule has 1 N–H and O–H groups in total. The summed E-state index contributed by atoms with van der Waals surface area (Å²) in [6.45, 7) is 1.41. The van der Waals surface area contributed by atoms with E-state index in [1.54, 1.807) is 72.3 Å². The summed E-state index contributed by atoms with van der Waals surface area (Å²) in [5.74, 6) is 0.495. The number of hydrogen-bond donors (Lipinski definition) is 1. The third-order valence-corrected chi connectivity index (χ3v) is 11.7. The van der Waals surface area contributed by atoms with Gasteiger partial charge in [-0.3, -0.25) is 14.5 Å². The van der Waals surface area contributed by atoms with E-state index in [4.69, 9.17) is 14.2 Å². The van der Waals surface area contributed by atoms with Crippen molar-refractivity contribution in [3.05, 3.63) is 176 Å². The third-order valence-electron chi connectivity index (χ3n) is 11.7. The molecule has 0 saturated heterocycles. The molecule has 1 amide bonds. The molecule has 13 heteroatoms. The highest BCUT2D eigenvalue weighted by atomic mass is 16.6. The normalized spacial score (nSPS) is 17.9. The molecule has 4 aromatic heterocycles. The predicted octanol–water partition coefficient (Wildman–Crippen LogP) is 10.1. The Morgan fingerprint density at radius 3 is 1.58 bits per heavy atom. The number of ether oxygens (including phenoxy) is 3. The maximum atomic E-state index is 12.9. The molecule has 0 bridgehead atoms. The van der Waals surface area contributed by atoms with Crippen molar-refractivity contribution in [2.75, 3.05) is 14.1 Å². The number of nitrogens with zero attached hydrogens (tertiary/aromatic N) is 7. The van der Waals surface area contributed by atoms with E-state index in [1.807, 2.05) is 66.5 Å². The van der Waals surface area contributed by atoms with Crippen LogP contribution in [0.25, 0.3) is 22.5 Å². The monoisotopic (exact) mass is 874 g/mol. The van der Waals surface area contributed by atoms with Crippen LogP contribution in [0.2, 0.25) is 0 Å². The molecule has 2 saturated carbocycles. The second kappa shape index (κ2) is 24.3. The smallest absolute Gasteiger partial charge is 0.410 e. The molecule has 7 aromatic rings. The van der Waals surface area contributed by atoms with Gasteiger partial charge >= 0.3 is 12.1 Å². The van der Waals surface area contributed by atoms with Gasteiger partial charge in [-0.25, -0.2) is 24.1 Å². The first-order valence-corrected chi connectivity index (χ1v) is 22.3. The minimum absolute atomic E-state index is 0.0544. The summed E-state index contributed by atoms with van der Waals surface area (Å²) in [7, 11) is 3.93. The zero-order valence-electron chi connectivity index (χ0n) is 37.1. The van der Waals surface area contributed by atoms with Crippen molar-refractivity contribution < 1.29 is 23.8 Å². The molecule has 2 fully saturated rings. The van der Waals surface area contributed by atoms with E-state index in [2.05, 4.69) is 68.7 Å². The fourth-order valence-electron chi connectivity index (χ4n) is 7.85. The van der Waals surface area contributed by atoms with Crippen LogP contribution in [0.5, 0.6) is 5.75 Å². The van der Waals surface area contributed by atoms with E-state index < -0.39 is 6.09 Å². The Balaban J connectivity index is 0.000000153. The van der Waals surface area contributed by atoms with E-state index >= 15 is 0 Å². The molecule has 65 heavy (non-hydrogen) atoms. The topological polar surface area (TPSA) is 139 Å². The van der Waals surface area contributed by atoms with Crippen molar-refractivity contribution in [3.8, 4) is 28.3 Å². The number of aromatic nitrogens is 6. The Hall–Kier alpha value is -6.80. The van der Waals surface area contributed by atoms with Gasteiger partial charge in [0.1, 0.15) is 18.4 Å². The fourth-order valence-corrected chi connectivity index (χ4v) is 7.85. The van der Waals surface area contributed by atoms with Crippen molar-refractivity contribution in [2.24, 2.45) is 0 Å². The van der Waals surface area contributed by atoms with Crippen LogP contribution < -0.4 is 10.1 Å². The average Bonchev–Trinajstić information content (AvgIpc) is 4.09. The molecule has 0 spiro atoms.